The topological polar surface area (TPSA) is 121 Å². The van der Waals surface area contributed by atoms with Crippen LogP contribution in [0.3, 0.4) is 0 Å². The molecule has 156 valence electrons. The van der Waals surface area contributed by atoms with E-state index in [1.165, 1.54) is 17.4 Å². The number of nitrogens with one attached hydrogen (secondary N) is 2. The van der Waals surface area contributed by atoms with Gasteiger partial charge in [0.1, 0.15) is 16.9 Å². The van der Waals surface area contributed by atoms with Crippen LogP contribution in [-0.2, 0) is 0 Å². The van der Waals surface area contributed by atoms with Crippen molar-refractivity contribution in [2.24, 2.45) is 0 Å². The van der Waals surface area contributed by atoms with Crippen LogP contribution < -0.4 is 16.2 Å². The summed E-state index contributed by atoms with van der Waals surface area (Å²) in [6, 6.07) is 12.0. The lowest BCUT2D eigenvalue weighted by Gasteiger charge is -2.18. The van der Waals surface area contributed by atoms with E-state index in [9.17, 15) is 14.4 Å². The lowest BCUT2D eigenvalue weighted by Crippen LogP contribution is -2.47. The number of nitrogens with zero attached hydrogens (tertiary/aromatic N) is 2. The summed E-state index contributed by atoms with van der Waals surface area (Å²) in [7, 11) is 0. The molecule has 3 rings (SSSR count). The number of rotatable bonds is 8. The van der Waals surface area contributed by atoms with Crippen LogP contribution in [-0.4, -0.2) is 33.2 Å². The van der Waals surface area contributed by atoms with E-state index in [4.69, 9.17) is 5.11 Å². The summed E-state index contributed by atoms with van der Waals surface area (Å²) in [4.78, 5) is 44.4. The predicted molar refractivity (Wildman–Crippen MR) is 116 cm³/mol. The number of hydrogen-bond donors (Lipinski definition) is 3. The molecule has 3 aromatic rings. The molecule has 3 N–H and O–H groups in total. The number of fused-ring (bicyclic) bond motifs is 1. The largest absolute Gasteiger partial charge is 0.465 e. The highest BCUT2D eigenvalue weighted by Gasteiger charge is 2.17. The number of carbonyl (C=O) groups is 2. The third-order valence-electron chi connectivity index (χ3n) is 4.43. The van der Waals surface area contributed by atoms with E-state index >= 15 is 0 Å². The Labute approximate surface area is 177 Å². The highest BCUT2D eigenvalue weighted by Crippen LogP contribution is 2.24. The average molecular weight is 426 g/mol. The molecule has 2 heterocycles. The fourth-order valence-electron chi connectivity index (χ4n) is 2.96. The van der Waals surface area contributed by atoms with Crippen molar-refractivity contribution in [3.05, 3.63) is 58.5 Å². The monoisotopic (exact) mass is 426 g/mol. The van der Waals surface area contributed by atoms with Crippen LogP contribution in [0.4, 0.5) is 4.79 Å². The first-order valence-electron chi connectivity index (χ1n) is 9.65. The van der Waals surface area contributed by atoms with Gasteiger partial charge in [0.2, 0.25) is 0 Å². The third kappa shape index (κ3) is 5.38. The van der Waals surface area contributed by atoms with Crippen LogP contribution in [0.2, 0.25) is 0 Å². The first-order chi connectivity index (χ1) is 14.5. The summed E-state index contributed by atoms with van der Waals surface area (Å²) < 4.78 is 0.783. The molecule has 0 aliphatic rings. The summed E-state index contributed by atoms with van der Waals surface area (Å²) in [5.41, 5.74) is 0.177. The van der Waals surface area contributed by atoms with E-state index in [-0.39, 0.29) is 11.3 Å². The molecule has 0 radical (unpaired) electrons. The average Bonchev–Trinajstić information content (AvgIpc) is 2.73. The Bertz CT molecular complexity index is 1120. The Balaban J connectivity index is 1.82. The molecular weight excluding hydrogens is 404 g/mol. The molecule has 1 unspecified atom stereocenters. The highest BCUT2D eigenvalue weighted by molar-refractivity contribution is 7.21. The zero-order valence-electron chi connectivity index (χ0n) is 16.4. The summed E-state index contributed by atoms with van der Waals surface area (Å²) in [6.45, 7) is 2.04. The predicted octanol–water partition coefficient (Wildman–Crippen LogP) is 3.62. The van der Waals surface area contributed by atoms with E-state index in [0.717, 1.165) is 24.0 Å². The second-order valence-electron chi connectivity index (χ2n) is 6.70. The van der Waals surface area contributed by atoms with Gasteiger partial charge in [-0.2, -0.15) is 4.98 Å². The second-order valence-corrected chi connectivity index (χ2v) is 7.73. The van der Waals surface area contributed by atoms with E-state index < -0.39 is 18.2 Å². The first-order valence-corrected chi connectivity index (χ1v) is 10.5. The molecule has 30 heavy (non-hydrogen) atoms. The van der Waals surface area contributed by atoms with Gasteiger partial charge in [0.05, 0.1) is 11.1 Å². The van der Waals surface area contributed by atoms with E-state index in [1.807, 2.05) is 19.1 Å². The van der Waals surface area contributed by atoms with Crippen molar-refractivity contribution in [2.75, 3.05) is 0 Å². The zero-order chi connectivity index (χ0) is 21.5. The van der Waals surface area contributed by atoms with Crippen molar-refractivity contribution in [3.63, 3.8) is 0 Å². The van der Waals surface area contributed by atoms with Crippen molar-refractivity contribution in [3.8, 4) is 10.7 Å². The van der Waals surface area contributed by atoms with Gasteiger partial charge in [0, 0.05) is 4.70 Å². The lowest BCUT2D eigenvalue weighted by atomic mass is 10.1. The van der Waals surface area contributed by atoms with Gasteiger partial charge in [-0.15, -0.1) is 11.3 Å². The minimum absolute atomic E-state index is 0.120. The van der Waals surface area contributed by atoms with E-state index in [2.05, 4.69) is 20.6 Å². The number of unbranched alkanes of at least 4 members (excludes halogenated alkanes) is 2. The van der Waals surface area contributed by atoms with E-state index in [1.54, 1.807) is 24.3 Å². The number of carbonyl (C=O) groups excluding carboxylic acids is 1. The van der Waals surface area contributed by atoms with Gasteiger partial charge in [-0.3, -0.25) is 9.59 Å². The Morgan fingerprint density at radius 3 is 2.63 bits per heavy atom. The maximum Gasteiger partial charge on any atom is 0.406 e. The Morgan fingerprint density at radius 2 is 1.87 bits per heavy atom. The van der Waals surface area contributed by atoms with Gasteiger partial charge in [0.25, 0.3) is 11.5 Å². The Kier molecular flexibility index (Phi) is 7.08. The molecule has 0 bridgehead atoms. The van der Waals surface area contributed by atoms with Crippen molar-refractivity contribution in [2.45, 2.75) is 38.8 Å². The van der Waals surface area contributed by atoms with Crippen molar-refractivity contribution >= 4 is 33.4 Å². The van der Waals surface area contributed by atoms with Crippen molar-refractivity contribution < 1.29 is 14.7 Å². The summed E-state index contributed by atoms with van der Waals surface area (Å²) in [5, 5.41) is 15.0. The molecule has 9 heteroatoms. The molecular formula is C21H22N4O4S. The minimum atomic E-state index is -1.20. The molecule has 0 aliphatic heterocycles. The van der Waals surface area contributed by atoms with Crippen LogP contribution in [0.15, 0.2) is 47.3 Å². The summed E-state index contributed by atoms with van der Waals surface area (Å²) in [5.74, 6) is -0.500. The first kappa shape index (κ1) is 21.4. The Hall–Kier alpha value is -3.33. The molecule has 1 aromatic carbocycles. The van der Waals surface area contributed by atoms with Gasteiger partial charge in [-0.05, 0) is 37.1 Å². The fraction of sp³-hybridized carbons (Fsp3) is 0.286. The molecule has 0 saturated heterocycles. The fourth-order valence-corrected chi connectivity index (χ4v) is 3.93. The van der Waals surface area contributed by atoms with Gasteiger partial charge < -0.3 is 15.7 Å². The van der Waals surface area contributed by atoms with E-state index in [0.29, 0.717) is 22.5 Å². The van der Waals surface area contributed by atoms with Gasteiger partial charge in [-0.1, -0.05) is 38.0 Å². The smallest absolute Gasteiger partial charge is 0.406 e. The number of carboxylic acid groups (broad SMARTS) is 1. The van der Waals surface area contributed by atoms with Crippen LogP contribution in [0, 0.1) is 0 Å². The van der Waals surface area contributed by atoms with Gasteiger partial charge in [0.15, 0.2) is 0 Å². The van der Waals surface area contributed by atoms with Crippen LogP contribution in [0.1, 0.15) is 43.1 Å². The SMILES string of the molecule is CCCCCC(NC(=O)O)NC(=O)c1cccc(-c2nc(=O)c3ccccc3s2)n1. The number of hydrogen-bond acceptors (Lipinski definition) is 6. The van der Waals surface area contributed by atoms with Crippen molar-refractivity contribution in [1.29, 1.82) is 0 Å². The normalized spacial score (nSPS) is 11.8. The molecule has 2 aromatic heterocycles. The van der Waals surface area contributed by atoms with Gasteiger partial charge >= 0.3 is 6.09 Å². The maximum atomic E-state index is 12.6. The van der Waals surface area contributed by atoms with Gasteiger partial charge in [-0.25, -0.2) is 9.78 Å². The quantitative estimate of drug-likeness (QED) is 0.374. The zero-order valence-corrected chi connectivity index (χ0v) is 17.2. The number of benzene rings is 1. The second kappa shape index (κ2) is 9.93. The Morgan fingerprint density at radius 1 is 1.07 bits per heavy atom. The van der Waals surface area contributed by atoms with Crippen LogP contribution in [0.25, 0.3) is 20.8 Å². The molecule has 0 spiro atoms. The lowest BCUT2D eigenvalue weighted by molar-refractivity contribution is 0.0921. The number of pyridine rings is 1. The van der Waals surface area contributed by atoms with Crippen LogP contribution >= 0.6 is 11.3 Å². The molecule has 0 fully saturated rings. The summed E-state index contributed by atoms with van der Waals surface area (Å²) >= 11 is 1.32. The number of amides is 2. The summed E-state index contributed by atoms with van der Waals surface area (Å²) in [6.07, 6.45) is 1.28. The molecule has 8 nitrogen and oxygen atoms in total. The molecule has 1 atom stereocenters. The molecule has 0 saturated carbocycles. The molecule has 2 amide bonds. The minimum Gasteiger partial charge on any atom is -0.465 e. The number of aromatic nitrogens is 2. The molecule has 0 aliphatic carbocycles. The standard InChI is InChI=1S/C21H22N4O4S/c1-2-3-4-12-17(24-21(28)29)23-19(27)14-9-7-10-15(22-14)20-25-18(26)13-8-5-6-11-16(13)30-20/h5-11,17,24H,2-4,12H2,1H3,(H,23,27)(H,28,29). The third-order valence-corrected chi connectivity index (χ3v) is 5.50. The van der Waals surface area contributed by atoms with Crippen molar-refractivity contribution in [1.82, 2.24) is 20.6 Å². The van der Waals surface area contributed by atoms with Crippen LogP contribution in [0.5, 0.6) is 0 Å². The maximum absolute atomic E-state index is 12.6. The highest BCUT2D eigenvalue weighted by atomic mass is 32.1.